The van der Waals surface area contributed by atoms with Gasteiger partial charge in [0.2, 0.25) is 0 Å². The van der Waals surface area contributed by atoms with Crippen molar-refractivity contribution in [1.29, 1.82) is 0 Å². The highest BCUT2D eigenvalue weighted by Crippen LogP contribution is 2.27. The molecule has 0 heterocycles. The van der Waals surface area contributed by atoms with Crippen molar-refractivity contribution in [3.05, 3.63) is 56.5 Å². The second-order valence-electron chi connectivity index (χ2n) is 7.00. The molecule has 0 fully saturated rings. The van der Waals surface area contributed by atoms with Crippen LogP contribution in [-0.2, 0) is 4.79 Å². The molecule has 2 rings (SSSR count). The van der Waals surface area contributed by atoms with Gasteiger partial charge in [0.1, 0.15) is 11.5 Å². The summed E-state index contributed by atoms with van der Waals surface area (Å²) in [6.07, 6.45) is 0.929. The smallest absolute Gasteiger partial charge is 0.276 e. The van der Waals surface area contributed by atoms with Gasteiger partial charge in [0.15, 0.2) is 11.7 Å². The van der Waals surface area contributed by atoms with E-state index in [1.54, 1.807) is 30.3 Å². The Morgan fingerprint density at radius 2 is 1.78 bits per heavy atom. The first kappa shape index (κ1) is 26.2. The van der Waals surface area contributed by atoms with Gasteiger partial charge in [-0.2, -0.15) is 0 Å². The molecule has 2 aromatic rings. The summed E-state index contributed by atoms with van der Waals surface area (Å²) >= 11 is 20.2. The molecule has 172 valence electrons. The van der Waals surface area contributed by atoms with Gasteiger partial charge < -0.3 is 9.47 Å². The summed E-state index contributed by atoms with van der Waals surface area (Å²) in [7, 11) is 0. The Bertz CT molecular complexity index is 992. The van der Waals surface area contributed by atoms with Gasteiger partial charge in [-0.25, -0.2) is 0 Å². The fourth-order valence-corrected chi connectivity index (χ4v) is 3.37. The quantitative estimate of drug-likeness (QED) is 0.313. The number of thiocarbonyl (C=S) groups is 1. The van der Waals surface area contributed by atoms with Gasteiger partial charge in [-0.3, -0.25) is 25.8 Å². The average Bonchev–Trinajstić information content (AvgIpc) is 2.72. The third-order valence-electron chi connectivity index (χ3n) is 3.94. The van der Waals surface area contributed by atoms with Gasteiger partial charge in [0, 0.05) is 10.6 Å². The number of halogens is 3. The van der Waals surface area contributed by atoms with Crippen molar-refractivity contribution in [1.82, 2.24) is 16.2 Å². The Morgan fingerprint density at radius 1 is 1.06 bits per heavy atom. The number of hydrazine groups is 1. The molecule has 0 bridgehead atoms. The standard InChI is InChI=1S/C21H22BrCl2N3O4S/c1-12(2)7-8-30-17-5-3-13(9-15(17)22)20(29)25-21(32)27-26-19(28)11-31-18-6-4-14(23)10-16(18)24/h3-6,9-10,12H,7-8,11H2,1-2H3,(H,26,28)(H2,25,27,29,32). The second kappa shape index (κ2) is 12.8. The van der Waals surface area contributed by atoms with E-state index in [0.29, 0.717) is 39.1 Å². The molecular weight excluding hydrogens is 541 g/mol. The zero-order chi connectivity index (χ0) is 23.7. The molecule has 0 aromatic heterocycles. The SMILES string of the molecule is CC(C)CCOc1ccc(C(=O)NC(=S)NNC(=O)COc2ccc(Cl)cc2Cl)cc1Br. The van der Waals surface area contributed by atoms with Gasteiger partial charge in [0.05, 0.1) is 16.1 Å². The van der Waals surface area contributed by atoms with Crippen LogP contribution in [0.25, 0.3) is 0 Å². The van der Waals surface area contributed by atoms with Gasteiger partial charge in [0.25, 0.3) is 11.8 Å². The zero-order valence-corrected chi connectivity index (χ0v) is 21.3. The first-order valence-electron chi connectivity index (χ1n) is 9.56. The number of nitrogens with one attached hydrogen (secondary N) is 3. The van der Waals surface area contributed by atoms with Crippen LogP contribution in [0.3, 0.4) is 0 Å². The molecular formula is C21H22BrCl2N3O4S. The Hall–Kier alpha value is -2.07. The van der Waals surface area contributed by atoms with Crippen molar-refractivity contribution in [2.45, 2.75) is 20.3 Å². The lowest BCUT2D eigenvalue weighted by Gasteiger charge is -2.13. The Labute approximate surface area is 210 Å². The number of rotatable bonds is 8. The van der Waals surface area contributed by atoms with E-state index in [4.69, 9.17) is 44.9 Å². The molecule has 0 aliphatic rings. The van der Waals surface area contributed by atoms with E-state index in [9.17, 15) is 9.59 Å². The third kappa shape index (κ3) is 8.82. The third-order valence-corrected chi connectivity index (χ3v) is 5.30. The maximum atomic E-state index is 12.4. The van der Waals surface area contributed by atoms with Crippen LogP contribution in [-0.4, -0.2) is 30.1 Å². The Morgan fingerprint density at radius 3 is 2.44 bits per heavy atom. The fourth-order valence-electron chi connectivity index (χ4n) is 2.27. The summed E-state index contributed by atoms with van der Waals surface area (Å²) in [4.78, 5) is 24.3. The number of hydrogen-bond acceptors (Lipinski definition) is 5. The molecule has 11 heteroatoms. The number of ether oxygens (including phenoxy) is 2. The molecule has 0 atom stereocenters. The second-order valence-corrected chi connectivity index (χ2v) is 9.10. The maximum Gasteiger partial charge on any atom is 0.276 e. The van der Waals surface area contributed by atoms with Crippen LogP contribution in [0.1, 0.15) is 30.6 Å². The topological polar surface area (TPSA) is 88.7 Å². The molecule has 0 saturated carbocycles. The molecule has 2 amide bonds. The van der Waals surface area contributed by atoms with Gasteiger partial charge in [-0.1, -0.05) is 37.0 Å². The van der Waals surface area contributed by atoms with Crippen LogP contribution in [0.15, 0.2) is 40.9 Å². The minimum atomic E-state index is -0.529. The normalized spacial score (nSPS) is 10.4. The van der Waals surface area contributed by atoms with Crippen molar-refractivity contribution in [2.24, 2.45) is 5.92 Å². The predicted molar refractivity (Wildman–Crippen MR) is 132 cm³/mol. The number of benzene rings is 2. The highest BCUT2D eigenvalue weighted by Gasteiger charge is 2.12. The van der Waals surface area contributed by atoms with Crippen LogP contribution in [0.2, 0.25) is 10.0 Å². The first-order chi connectivity index (χ1) is 15.2. The fraction of sp³-hybridized carbons (Fsp3) is 0.286. The van der Waals surface area contributed by atoms with Crippen molar-refractivity contribution < 1.29 is 19.1 Å². The predicted octanol–water partition coefficient (Wildman–Crippen LogP) is 4.90. The molecule has 32 heavy (non-hydrogen) atoms. The number of amides is 2. The van der Waals surface area contributed by atoms with E-state index in [1.807, 2.05) is 0 Å². The molecule has 7 nitrogen and oxygen atoms in total. The van der Waals surface area contributed by atoms with E-state index < -0.39 is 11.8 Å². The van der Waals surface area contributed by atoms with Crippen molar-refractivity contribution in [2.75, 3.05) is 13.2 Å². The Balaban J connectivity index is 1.77. The van der Waals surface area contributed by atoms with Crippen molar-refractivity contribution in [3.63, 3.8) is 0 Å². The summed E-state index contributed by atoms with van der Waals surface area (Å²) in [6.45, 7) is 4.50. The van der Waals surface area contributed by atoms with Crippen LogP contribution in [0.4, 0.5) is 0 Å². The summed E-state index contributed by atoms with van der Waals surface area (Å²) < 4.78 is 11.7. The molecule has 0 saturated heterocycles. The van der Waals surface area contributed by atoms with Gasteiger partial charge in [-0.05, 0) is 76.9 Å². The van der Waals surface area contributed by atoms with E-state index >= 15 is 0 Å². The number of carbonyl (C=O) groups excluding carboxylic acids is 2. The molecule has 2 aromatic carbocycles. The van der Waals surface area contributed by atoms with E-state index in [-0.39, 0.29) is 16.7 Å². The van der Waals surface area contributed by atoms with E-state index in [0.717, 1.165) is 6.42 Å². The maximum absolute atomic E-state index is 12.4. The minimum absolute atomic E-state index is 0.0822. The van der Waals surface area contributed by atoms with E-state index in [1.165, 1.54) is 6.07 Å². The Kier molecular flexibility index (Phi) is 10.5. The summed E-state index contributed by atoms with van der Waals surface area (Å²) in [5, 5.41) is 3.13. The lowest BCUT2D eigenvalue weighted by molar-refractivity contribution is -0.123. The van der Waals surface area contributed by atoms with Crippen LogP contribution in [0, 0.1) is 5.92 Å². The van der Waals surface area contributed by atoms with E-state index in [2.05, 4.69) is 45.9 Å². The van der Waals surface area contributed by atoms with Gasteiger partial charge >= 0.3 is 0 Å². The largest absolute Gasteiger partial charge is 0.492 e. The molecule has 3 N–H and O–H groups in total. The molecule has 0 radical (unpaired) electrons. The van der Waals surface area contributed by atoms with Crippen LogP contribution in [0.5, 0.6) is 11.5 Å². The van der Waals surface area contributed by atoms with Crippen molar-refractivity contribution >= 4 is 68.3 Å². The lowest BCUT2D eigenvalue weighted by Crippen LogP contribution is -2.49. The van der Waals surface area contributed by atoms with Gasteiger partial charge in [-0.15, -0.1) is 0 Å². The average molecular weight is 563 g/mol. The molecule has 0 unspecified atom stereocenters. The minimum Gasteiger partial charge on any atom is -0.492 e. The first-order valence-corrected chi connectivity index (χ1v) is 11.5. The van der Waals surface area contributed by atoms with Crippen LogP contribution >= 0.6 is 51.3 Å². The number of carbonyl (C=O) groups is 2. The lowest BCUT2D eigenvalue weighted by atomic mass is 10.1. The highest BCUT2D eigenvalue weighted by atomic mass is 79.9. The molecule has 0 spiro atoms. The summed E-state index contributed by atoms with van der Waals surface area (Å²) in [5.41, 5.74) is 5.13. The number of hydrogen-bond donors (Lipinski definition) is 3. The molecule has 0 aliphatic carbocycles. The summed E-state index contributed by atoms with van der Waals surface area (Å²) in [5.74, 6) is 0.517. The van der Waals surface area contributed by atoms with Crippen molar-refractivity contribution in [3.8, 4) is 11.5 Å². The monoisotopic (exact) mass is 561 g/mol. The van der Waals surface area contributed by atoms with Crippen LogP contribution < -0.4 is 25.6 Å². The highest BCUT2D eigenvalue weighted by molar-refractivity contribution is 9.10. The zero-order valence-electron chi connectivity index (χ0n) is 17.3. The molecule has 0 aliphatic heterocycles. The summed E-state index contributed by atoms with van der Waals surface area (Å²) in [6, 6.07) is 9.60.